The van der Waals surface area contributed by atoms with E-state index in [1.807, 2.05) is 0 Å². The van der Waals surface area contributed by atoms with Crippen molar-refractivity contribution in [3.63, 3.8) is 0 Å². The molecule has 158 valence electrons. The zero-order chi connectivity index (χ0) is 21.1. The lowest BCUT2D eigenvalue weighted by Crippen LogP contribution is -2.23. The summed E-state index contributed by atoms with van der Waals surface area (Å²) >= 11 is 4.48. The van der Waals surface area contributed by atoms with E-state index in [-0.39, 0.29) is 23.7 Å². The van der Waals surface area contributed by atoms with Gasteiger partial charge in [-0.05, 0) is 31.2 Å². The number of fused-ring (bicyclic) bond motifs is 3. The fraction of sp³-hybridized carbons (Fsp3) is 0.421. The van der Waals surface area contributed by atoms with Gasteiger partial charge in [-0.3, -0.25) is 14.4 Å². The lowest BCUT2D eigenvalue weighted by molar-refractivity contribution is -0.120. The molecule has 0 saturated carbocycles. The second kappa shape index (κ2) is 9.27. The molecule has 4 rings (SSSR count). The van der Waals surface area contributed by atoms with Gasteiger partial charge in [-0.2, -0.15) is 11.8 Å². The zero-order valence-corrected chi connectivity index (χ0v) is 18.6. The Morgan fingerprint density at radius 1 is 1.27 bits per heavy atom. The first-order valence-electron chi connectivity index (χ1n) is 9.63. The number of hydrogen-bond acceptors (Lipinski definition) is 8. The monoisotopic (exact) mass is 463 g/mol. The Kier molecular flexibility index (Phi) is 6.49. The minimum absolute atomic E-state index is 0.0495. The number of H-pyrrole nitrogens is 1. The molecule has 30 heavy (non-hydrogen) atoms. The maximum absolute atomic E-state index is 12.5. The van der Waals surface area contributed by atoms with Gasteiger partial charge in [0.15, 0.2) is 0 Å². The molecule has 0 fully saturated rings. The van der Waals surface area contributed by atoms with Gasteiger partial charge in [0.2, 0.25) is 5.91 Å². The first kappa shape index (κ1) is 21.0. The number of aromatic nitrogens is 3. The van der Waals surface area contributed by atoms with Crippen molar-refractivity contribution in [3.8, 4) is 0 Å². The van der Waals surface area contributed by atoms with Crippen molar-refractivity contribution in [2.45, 2.75) is 44.4 Å². The quantitative estimate of drug-likeness (QED) is 0.440. The first-order valence-corrected chi connectivity index (χ1v) is 12.5. The summed E-state index contributed by atoms with van der Waals surface area (Å²) in [6.45, 7) is 0.274. The molecule has 0 bridgehead atoms. The van der Waals surface area contributed by atoms with Gasteiger partial charge in [0.25, 0.3) is 11.5 Å². The van der Waals surface area contributed by atoms with Crippen LogP contribution in [0.5, 0.6) is 0 Å². The normalized spacial score (nSPS) is 13.3. The molecule has 2 amide bonds. The summed E-state index contributed by atoms with van der Waals surface area (Å²) in [6.07, 6.45) is 4.66. The van der Waals surface area contributed by atoms with Gasteiger partial charge < -0.3 is 16.0 Å². The number of carbonyl (C=O) groups is 2. The number of thioether (sulfide) groups is 1. The fourth-order valence-corrected chi connectivity index (χ4v) is 6.19. The van der Waals surface area contributed by atoms with E-state index in [1.165, 1.54) is 28.2 Å². The van der Waals surface area contributed by atoms with E-state index >= 15 is 0 Å². The molecule has 3 heterocycles. The Hall–Kier alpha value is -2.24. The molecule has 1 aliphatic carbocycles. The smallest absolute Gasteiger partial charge is 0.268 e. The third-order valence-electron chi connectivity index (χ3n) is 4.83. The second-order valence-electron chi connectivity index (χ2n) is 6.97. The summed E-state index contributed by atoms with van der Waals surface area (Å²) in [5, 5.41) is 5.77. The maximum Gasteiger partial charge on any atom is 0.268 e. The van der Waals surface area contributed by atoms with Crippen LogP contribution in [0.3, 0.4) is 0 Å². The molecule has 8 nitrogen and oxygen atoms in total. The van der Waals surface area contributed by atoms with Crippen LogP contribution in [0.25, 0.3) is 10.2 Å². The minimum atomic E-state index is -0.576. The summed E-state index contributed by atoms with van der Waals surface area (Å²) in [6, 6.07) is 0. The van der Waals surface area contributed by atoms with Crippen LogP contribution in [-0.2, 0) is 29.9 Å². The van der Waals surface area contributed by atoms with Gasteiger partial charge in [-0.1, -0.05) is 0 Å². The number of aromatic amines is 1. The second-order valence-corrected chi connectivity index (χ2v) is 10.1. The lowest BCUT2D eigenvalue weighted by atomic mass is 9.97. The number of nitrogens with one attached hydrogen (secondary N) is 2. The molecule has 3 aromatic heterocycles. The van der Waals surface area contributed by atoms with Crippen LogP contribution >= 0.6 is 34.4 Å². The van der Waals surface area contributed by atoms with Crippen molar-refractivity contribution in [2.24, 2.45) is 5.73 Å². The molecule has 0 aliphatic heterocycles. The number of thiophene rings is 1. The standard InChI is InChI=1S/C19H21N5O3S3/c20-17(26)11-8-29-15(22-11)7-21-14(25)5-6-28-9-13-23-18(27)16-10-3-1-2-4-12(10)30-19(16)24-13/h8H,1-7,9H2,(H2,20,26)(H,21,25)(H,23,24,27). The van der Waals surface area contributed by atoms with Gasteiger partial charge in [-0.25, -0.2) is 9.97 Å². The number of thiazole rings is 1. The van der Waals surface area contributed by atoms with E-state index in [0.717, 1.165) is 29.5 Å². The number of amides is 2. The Balaban J connectivity index is 1.26. The highest BCUT2D eigenvalue weighted by Crippen LogP contribution is 2.33. The summed E-state index contributed by atoms with van der Waals surface area (Å²) in [4.78, 5) is 49.3. The number of primary amides is 1. The average molecular weight is 464 g/mol. The van der Waals surface area contributed by atoms with E-state index < -0.39 is 5.91 Å². The average Bonchev–Trinajstić information content (AvgIpc) is 3.34. The van der Waals surface area contributed by atoms with Gasteiger partial charge in [0.05, 0.1) is 17.7 Å². The predicted molar refractivity (Wildman–Crippen MR) is 120 cm³/mol. The third kappa shape index (κ3) is 4.73. The van der Waals surface area contributed by atoms with Gasteiger partial charge >= 0.3 is 0 Å². The summed E-state index contributed by atoms with van der Waals surface area (Å²) in [5.74, 6) is 1.14. The Morgan fingerprint density at radius 2 is 2.10 bits per heavy atom. The van der Waals surface area contributed by atoms with E-state index in [1.54, 1.807) is 28.5 Å². The van der Waals surface area contributed by atoms with Crippen LogP contribution < -0.4 is 16.6 Å². The highest BCUT2D eigenvalue weighted by Gasteiger charge is 2.19. The molecule has 0 aromatic carbocycles. The topological polar surface area (TPSA) is 131 Å². The summed E-state index contributed by atoms with van der Waals surface area (Å²) in [7, 11) is 0. The molecule has 4 N–H and O–H groups in total. The van der Waals surface area contributed by atoms with E-state index in [0.29, 0.717) is 28.8 Å². The molecule has 0 radical (unpaired) electrons. The van der Waals surface area contributed by atoms with Gasteiger partial charge in [0.1, 0.15) is 21.4 Å². The Morgan fingerprint density at radius 3 is 2.90 bits per heavy atom. The van der Waals surface area contributed by atoms with Gasteiger partial charge in [-0.15, -0.1) is 22.7 Å². The molecular formula is C19H21N5O3S3. The van der Waals surface area contributed by atoms with Crippen molar-refractivity contribution in [3.05, 3.63) is 42.7 Å². The van der Waals surface area contributed by atoms with E-state index in [9.17, 15) is 14.4 Å². The molecular weight excluding hydrogens is 442 g/mol. The Bertz CT molecular complexity index is 1150. The minimum Gasteiger partial charge on any atom is -0.364 e. The number of rotatable bonds is 8. The highest BCUT2D eigenvalue weighted by molar-refractivity contribution is 7.98. The maximum atomic E-state index is 12.5. The van der Waals surface area contributed by atoms with E-state index in [4.69, 9.17) is 5.73 Å². The van der Waals surface area contributed by atoms with Crippen molar-refractivity contribution in [1.29, 1.82) is 0 Å². The van der Waals surface area contributed by atoms with Crippen LogP contribution in [0.4, 0.5) is 0 Å². The number of nitrogens with two attached hydrogens (primary N) is 1. The summed E-state index contributed by atoms with van der Waals surface area (Å²) < 4.78 is 0. The molecule has 0 spiro atoms. The molecule has 3 aromatic rings. The van der Waals surface area contributed by atoms with Crippen molar-refractivity contribution in [2.75, 3.05) is 5.75 Å². The van der Waals surface area contributed by atoms with Crippen LogP contribution in [0, 0.1) is 0 Å². The molecule has 0 atom stereocenters. The van der Waals surface area contributed by atoms with Crippen molar-refractivity contribution < 1.29 is 9.59 Å². The van der Waals surface area contributed by atoms with Crippen LogP contribution in [0.1, 0.15) is 51.0 Å². The first-order chi connectivity index (χ1) is 14.5. The SMILES string of the molecule is NC(=O)c1csc(CNC(=O)CCSCc2nc3sc4c(c3c(=O)[nH]2)CCCC4)n1. The van der Waals surface area contributed by atoms with Crippen LogP contribution in [0.15, 0.2) is 10.2 Å². The van der Waals surface area contributed by atoms with E-state index in [2.05, 4.69) is 20.3 Å². The molecule has 0 saturated heterocycles. The van der Waals surface area contributed by atoms with Crippen LogP contribution in [-0.4, -0.2) is 32.5 Å². The largest absolute Gasteiger partial charge is 0.364 e. The summed E-state index contributed by atoms with van der Waals surface area (Å²) in [5.41, 5.74) is 6.52. The number of hydrogen-bond donors (Lipinski definition) is 3. The zero-order valence-electron chi connectivity index (χ0n) is 16.2. The van der Waals surface area contributed by atoms with Gasteiger partial charge in [0, 0.05) is 22.4 Å². The molecule has 0 unspecified atom stereocenters. The predicted octanol–water partition coefficient (Wildman–Crippen LogP) is 2.36. The lowest BCUT2D eigenvalue weighted by Gasteiger charge is -2.09. The van der Waals surface area contributed by atoms with Crippen molar-refractivity contribution in [1.82, 2.24) is 20.3 Å². The van der Waals surface area contributed by atoms with Crippen LogP contribution in [0.2, 0.25) is 0 Å². The number of carbonyl (C=O) groups excluding carboxylic acids is 2. The third-order valence-corrected chi connectivity index (χ3v) is 7.83. The number of aryl methyl sites for hydroxylation is 2. The fourth-order valence-electron chi connectivity index (χ4n) is 3.38. The van der Waals surface area contributed by atoms with Crippen molar-refractivity contribution >= 4 is 56.5 Å². The molecule has 11 heteroatoms. The highest BCUT2D eigenvalue weighted by atomic mass is 32.2. The number of nitrogens with zero attached hydrogens (tertiary/aromatic N) is 2. The molecule has 1 aliphatic rings. The Labute approximate surface area is 184 Å².